The lowest BCUT2D eigenvalue weighted by Gasteiger charge is -2.25. The molecule has 0 fully saturated rings. The molecule has 0 saturated heterocycles. The molecule has 20 heavy (non-hydrogen) atoms. The summed E-state index contributed by atoms with van der Waals surface area (Å²) in [5.41, 5.74) is 5.53. The first-order chi connectivity index (χ1) is 9.42. The lowest BCUT2D eigenvalue weighted by molar-refractivity contribution is 0.109. The van der Waals surface area contributed by atoms with Crippen LogP contribution < -0.4 is 5.73 Å². The summed E-state index contributed by atoms with van der Waals surface area (Å²) in [5.74, 6) is -1.19. The molecule has 0 saturated carbocycles. The first-order valence-electron chi connectivity index (χ1n) is 6.03. The predicted octanol–water partition coefficient (Wildman–Crippen LogP) is 3.81. The van der Waals surface area contributed by atoms with Gasteiger partial charge in [0.05, 0.1) is 13.2 Å². The second kappa shape index (κ2) is 7.78. The SMILES string of the molecule is CCOP(=O)(OCC)C(OC(N)=O)c1ccc(Br)cc1. The Balaban J connectivity index is 3.18. The van der Waals surface area contributed by atoms with E-state index in [2.05, 4.69) is 15.9 Å². The number of ether oxygens (including phenoxy) is 1. The van der Waals surface area contributed by atoms with E-state index in [0.717, 1.165) is 4.47 Å². The molecule has 0 bridgehead atoms. The molecule has 0 aliphatic heterocycles. The Labute approximate surface area is 126 Å². The highest BCUT2D eigenvalue weighted by Gasteiger charge is 2.40. The molecule has 1 aromatic carbocycles. The first kappa shape index (κ1) is 17.2. The van der Waals surface area contributed by atoms with Gasteiger partial charge in [0.25, 0.3) is 0 Å². The number of carbonyl (C=O) groups is 1. The van der Waals surface area contributed by atoms with E-state index >= 15 is 0 Å². The maximum atomic E-state index is 12.7. The largest absolute Gasteiger partial charge is 0.428 e. The van der Waals surface area contributed by atoms with Crippen LogP contribution in [0.15, 0.2) is 28.7 Å². The van der Waals surface area contributed by atoms with E-state index in [4.69, 9.17) is 19.5 Å². The van der Waals surface area contributed by atoms with Gasteiger partial charge in [0.2, 0.25) is 5.85 Å². The number of carbonyl (C=O) groups excluding carboxylic acids is 1. The molecular formula is C12H17BrNO5P. The number of rotatable bonds is 7. The van der Waals surface area contributed by atoms with Crippen molar-refractivity contribution < 1.29 is 23.1 Å². The molecule has 1 aromatic rings. The van der Waals surface area contributed by atoms with E-state index < -0.39 is 19.5 Å². The van der Waals surface area contributed by atoms with Crippen molar-refractivity contribution in [3.05, 3.63) is 34.3 Å². The lowest BCUT2D eigenvalue weighted by Crippen LogP contribution is -2.19. The van der Waals surface area contributed by atoms with Gasteiger partial charge in [-0.05, 0) is 26.0 Å². The zero-order valence-corrected chi connectivity index (χ0v) is 13.7. The molecule has 1 atom stereocenters. The van der Waals surface area contributed by atoms with E-state index in [1.165, 1.54) is 0 Å². The summed E-state index contributed by atoms with van der Waals surface area (Å²) in [4.78, 5) is 11.1. The molecule has 1 rings (SSSR count). The van der Waals surface area contributed by atoms with Gasteiger partial charge in [0.1, 0.15) is 0 Å². The molecule has 2 N–H and O–H groups in total. The summed E-state index contributed by atoms with van der Waals surface area (Å²) in [7, 11) is -3.66. The third kappa shape index (κ3) is 4.59. The number of primary amides is 1. The Morgan fingerprint density at radius 1 is 1.25 bits per heavy atom. The van der Waals surface area contributed by atoms with Crippen molar-refractivity contribution in [2.45, 2.75) is 19.7 Å². The number of amides is 1. The Hall–Kier alpha value is -0.880. The topological polar surface area (TPSA) is 87.8 Å². The van der Waals surface area contributed by atoms with Crippen molar-refractivity contribution in [1.29, 1.82) is 0 Å². The fraction of sp³-hybridized carbons (Fsp3) is 0.417. The highest BCUT2D eigenvalue weighted by Crippen LogP contribution is 2.61. The summed E-state index contributed by atoms with van der Waals surface area (Å²) in [6, 6.07) is 6.77. The molecule has 1 amide bonds. The number of hydrogen-bond acceptors (Lipinski definition) is 5. The van der Waals surface area contributed by atoms with Gasteiger partial charge >= 0.3 is 13.7 Å². The summed E-state index contributed by atoms with van der Waals surface area (Å²) in [6.45, 7) is 3.67. The van der Waals surface area contributed by atoms with Crippen molar-refractivity contribution in [3.63, 3.8) is 0 Å². The Kier molecular flexibility index (Phi) is 6.68. The van der Waals surface area contributed by atoms with Crippen molar-refractivity contribution in [2.75, 3.05) is 13.2 Å². The molecule has 0 heterocycles. The van der Waals surface area contributed by atoms with Gasteiger partial charge in [0.15, 0.2) is 0 Å². The van der Waals surface area contributed by atoms with Crippen LogP contribution in [-0.4, -0.2) is 19.3 Å². The number of halogens is 1. The number of benzene rings is 1. The van der Waals surface area contributed by atoms with Gasteiger partial charge in [-0.25, -0.2) is 4.79 Å². The normalized spacial score (nSPS) is 12.9. The zero-order valence-electron chi connectivity index (χ0n) is 11.2. The van der Waals surface area contributed by atoms with Crippen molar-refractivity contribution in [1.82, 2.24) is 0 Å². The van der Waals surface area contributed by atoms with Gasteiger partial charge in [-0.3, -0.25) is 4.57 Å². The van der Waals surface area contributed by atoms with Gasteiger partial charge in [0, 0.05) is 10.0 Å². The standard InChI is InChI=1S/C12H17BrNO5P/c1-3-17-20(16,18-4-2)11(19-12(14)15)9-5-7-10(13)8-6-9/h5-8,11H,3-4H2,1-2H3,(H2,14,15). The van der Waals surface area contributed by atoms with E-state index in [1.807, 2.05) is 0 Å². The maximum absolute atomic E-state index is 12.7. The molecular weight excluding hydrogens is 349 g/mol. The predicted molar refractivity (Wildman–Crippen MR) is 78.4 cm³/mol. The third-order valence-electron chi connectivity index (χ3n) is 2.29. The minimum atomic E-state index is -3.66. The highest BCUT2D eigenvalue weighted by molar-refractivity contribution is 9.10. The molecule has 0 aromatic heterocycles. The highest BCUT2D eigenvalue weighted by atomic mass is 79.9. The van der Waals surface area contributed by atoms with Crippen molar-refractivity contribution in [3.8, 4) is 0 Å². The quantitative estimate of drug-likeness (QED) is 0.742. The average Bonchev–Trinajstić information content (AvgIpc) is 2.37. The molecule has 0 aliphatic carbocycles. The minimum Gasteiger partial charge on any atom is -0.428 e. The zero-order chi connectivity index (χ0) is 15.2. The minimum absolute atomic E-state index is 0.159. The molecule has 8 heteroatoms. The second-order valence-corrected chi connectivity index (χ2v) is 6.70. The van der Waals surface area contributed by atoms with Crippen LogP contribution in [0.4, 0.5) is 4.79 Å². The van der Waals surface area contributed by atoms with Crippen LogP contribution in [0, 0.1) is 0 Å². The van der Waals surface area contributed by atoms with Gasteiger partial charge in [-0.2, -0.15) is 0 Å². The fourth-order valence-electron chi connectivity index (χ4n) is 1.59. The second-order valence-electron chi connectivity index (χ2n) is 3.72. The maximum Gasteiger partial charge on any atom is 0.405 e. The first-order valence-corrected chi connectivity index (χ1v) is 8.43. The Morgan fingerprint density at radius 2 is 1.75 bits per heavy atom. The van der Waals surface area contributed by atoms with E-state index in [9.17, 15) is 9.36 Å². The summed E-state index contributed by atoms with van der Waals surface area (Å²) >= 11 is 3.29. The molecule has 0 radical (unpaired) electrons. The van der Waals surface area contributed by atoms with Crippen LogP contribution in [0.1, 0.15) is 25.3 Å². The molecule has 112 valence electrons. The van der Waals surface area contributed by atoms with Crippen molar-refractivity contribution in [2.24, 2.45) is 5.73 Å². The summed E-state index contributed by atoms with van der Waals surface area (Å²) < 4.78 is 28.9. The Bertz CT molecular complexity index is 483. The van der Waals surface area contributed by atoms with Crippen LogP contribution in [0.25, 0.3) is 0 Å². The van der Waals surface area contributed by atoms with Crippen LogP contribution >= 0.6 is 23.5 Å². The van der Waals surface area contributed by atoms with E-state index in [1.54, 1.807) is 38.1 Å². The molecule has 0 aliphatic rings. The van der Waals surface area contributed by atoms with Gasteiger partial charge in [-0.1, -0.05) is 28.1 Å². The van der Waals surface area contributed by atoms with Crippen LogP contribution in [0.3, 0.4) is 0 Å². The van der Waals surface area contributed by atoms with Crippen LogP contribution in [-0.2, 0) is 18.3 Å². The average molecular weight is 366 g/mol. The lowest BCUT2D eigenvalue weighted by atomic mass is 10.2. The van der Waals surface area contributed by atoms with Gasteiger partial charge in [-0.15, -0.1) is 0 Å². The van der Waals surface area contributed by atoms with Gasteiger partial charge < -0.3 is 19.5 Å². The number of hydrogen-bond donors (Lipinski definition) is 1. The third-order valence-corrected chi connectivity index (χ3v) is 5.03. The van der Waals surface area contributed by atoms with E-state index in [-0.39, 0.29) is 13.2 Å². The number of nitrogens with two attached hydrogens (primary N) is 1. The monoisotopic (exact) mass is 365 g/mol. The van der Waals surface area contributed by atoms with Crippen LogP contribution in [0.2, 0.25) is 0 Å². The smallest absolute Gasteiger partial charge is 0.405 e. The van der Waals surface area contributed by atoms with E-state index in [0.29, 0.717) is 5.56 Å². The molecule has 1 unspecified atom stereocenters. The molecule has 0 spiro atoms. The fourth-order valence-corrected chi connectivity index (χ4v) is 3.68. The van der Waals surface area contributed by atoms with Crippen LogP contribution in [0.5, 0.6) is 0 Å². The molecule has 6 nitrogen and oxygen atoms in total. The Morgan fingerprint density at radius 3 is 2.15 bits per heavy atom. The summed E-state index contributed by atoms with van der Waals surface area (Å²) in [6.07, 6.45) is -1.04. The van der Waals surface area contributed by atoms with Crippen molar-refractivity contribution >= 4 is 29.6 Å². The summed E-state index contributed by atoms with van der Waals surface area (Å²) in [5, 5.41) is 0.